The van der Waals surface area contributed by atoms with Crippen LogP contribution < -0.4 is 5.32 Å². The molecule has 0 aliphatic carbocycles. The first-order chi connectivity index (χ1) is 9.18. The summed E-state index contributed by atoms with van der Waals surface area (Å²) in [6.45, 7) is 6.98. The van der Waals surface area contributed by atoms with E-state index in [0.29, 0.717) is 5.69 Å². The van der Waals surface area contributed by atoms with Gasteiger partial charge in [0, 0.05) is 18.3 Å². The second-order valence-electron chi connectivity index (χ2n) is 3.88. The van der Waals surface area contributed by atoms with Crippen molar-refractivity contribution in [2.45, 2.75) is 39.9 Å². The Labute approximate surface area is 121 Å². The fourth-order valence-electron chi connectivity index (χ4n) is 1.72. The number of aryl methyl sites for hydroxylation is 2. The number of halogens is 4. The van der Waals surface area contributed by atoms with Gasteiger partial charge in [-0.3, -0.25) is 9.48 Å². The number of hydrogen-bond acceptors (Lipinski definition) is 2. The van der Waals surface area contributed by atoms with Crippen molar-refractivity contribution in [2.24, 2.45) is 7.05 Å². The predicted molar refractivity (Wildman–Crippen MR) is 71.7 cm³/mol. The van der Waals surface area contributed by atoms with E-state index in [0.717, 1.165) is 0 Å². The lowest BCUT2D eigenvalue weighted by Crippen LogP contribution is -2.39. The van der Waals surface area contributed by atoms with Crippen LogP contribution in [0, 0.1) is 13.8 Å². The molecule has 1 N–H and O–H groups in total. The summed E-state index contributed by atoms with van der Waals surface area (Å²) in [7, 11) is 1.54. The standard InChI is InChI=1S/C10H13ClF3N3O.C2H6/c1-5-8(6(2)17(3)16-5)9(10(12,13)14)15-7(18)4-11;1-2/h9H,4H2,1-3H3,(H,15,18);1-2H3. The monoisotopic (exact) mass is 313 g/mol. The van der Waals surface area contributed by atoms with Crippen molar-refractivity contribution in [2.75, 3.05) is 5.88 Å². The molecule has 0 aliphatic rings. The van der Waals surface area contributed by atoms with Crippen molar-refractivity contribution in [3.05, 3.63) is 17.0 Å². The molecule has 1 unspecified atom stereocenters. The summed E-state index contributed by atoms with van der Waals surface area (Å²) in [6.07, 6.45) is -4.60. The van der Waals surface area contributed by atoms with Crippen LogP contribution in [0.3, 0.4) is 0 Å². The number of rotatable bonds is 3. The third-order valence-corrected chi connectivity index (χ3v) is 2.85. The number of nitrogens with one attached hydrogen (secondary N) is 1. The van der Waals surface area contributed by atoms with Crippen molar-refractivity contribution in [1.29, 1.82) is 0 Å². The summed E-state index contributed by atoms with van der Waals surface area (Å²) in [5, 5.41) is 5.78. The number of nitrogens with zero attached hydrogens (tertiary/aromatic N) is 2. The van der Waals surface area contributed by atoms with Crippen LogP contribution in [0.25, 0.3) is 0 Å². The van der Waals surface area contributed by atoms with E-state index in [2.05, 4.69) is 5.10 Å². The third-order valence-electron chi connectivity index (χ3n) is 2.61. The summed E-state index contributed by atoms with van der Waals surface area (Å²) >= 11 is 5.22. The van der Waals surface area contributed by atoms with Crippen LogP contribution >= 0.6 is 11.6 Å². The van der Waals surface area contributed by atoms with Crippen LogP contribution in [-0.4, -0.2) is 27.7 Å². The maximum Gasteiger partial charge on any atom is 0.413 e. The van der Waals surface area contributed by atoms with Gasteiger partial charge in [0.25, 0.3) is 0 Å². The van der Waals surface area contributed by atoms with Crippen molar-refractivity contribution >= 4 is 17.5 Å². The topological polar surface area (TPSA) is 46.9 Å². The van der Waals surface area contributed by atoms with Gasteiger partial charge in [0.1, 0.15) is 5.88 Å². The highest BCUT2D eigenvalue weighted by Crippen LogP contribution is 2.35. The lowest BCUT2D eigenvalue weighted by atomic mass is 10.0. The molecule has 1 rings (SSSR count). The van der Waals surface area contributed by atoms with E-state index >= 15 is 0 Å². The molecule has 8 heteroatoms. The highest BCUT2D eigenvalue weighted by atomic mass is 35.5. The van der Waals surface area contributed by atoms with Crippen LogP contribution in [0.5, 0.6) is 0 Å². The number of carbonyl (C=O) groups is 1. The summed E-state index contributed by atoms with van der Waals surface area (Å²) in [5.74, 6) is -1.40. The van der Waals surface area contributed by atoms with E-state index in [-0.39, 0.29) is 11.3 Å². The van der Waals surface area contributed by atoms with Crippen LogP contribution in [0.1, 0.15) is 36.8 Å². The van der Waals surface area contributed by atoms with Gasteiger partial charge in [-0.05, 0) is 13.8 Å². The molecule has 20 heavy (non-hydrogen) atoms. The molecule has 1 amide bonds. The maximum absolute atomic E-state index is 13.0. The van der Waals surface area contributed by atoms with Crippen molar-refractivity contribution < 1.29 is 18.0 Å². The Hall–Kier alpha value is -1.24. The Kier molecular flexibility index (Phi) is 7.05. The molecule has 0 aromatic carbocycles. The van der Waals surface area contributed by atoms with Gasteiger partial charge in [-0.25, -0.2) is 0 Å². The van der Waals surface area contributed by atoms with E-state index < -0.39 is 24.0 Å². The average molecular weight is 314 g/mol. The highest BCUT2D eigenvalue weighted by Gasteiger charge is 2.44. The minimum absolute atomic E-state index is 0.0385. The molecule has 1 heterocycles. The smallest absolute Gasteiger partial charge is 0.340 e. The molecule has 0 saturated carbocycles. The average Bonchev–Trinajstić information content (AvgIpc) is 2.62. The molecule has 4 nitrogen and oxygen atoms in total. The fourth-order valence-corrected chi connectivity index (χ4v) is 1.80. The third kappa shape index (κ3) is 4.40. The van der Waals surface area contributed by atoms with Gasteiger partial charge in [0.15, 0.2) is 6.04 Å². The number of hydrogen-bond donors (Lipinski definition) is 1. The van der Waals surface area contributed by atoms with Crippen LogP contribution in [0.4, 0.5) is 13.2 Å². The van der Waals surface area contributed by atoms with Crippen LogP contribution in [0.15, 0.2) is 0 Å². The number of alkyl halides is 4. The second kappa shape index (κ2) is 7.52. The largest absolute Gasteiger partial charge is 0.413 e. The first-order valence-electron chi connectivity index (χ1n) is 6.10. The summed E-state index contributed by atoms with van der Waals surface area (Å²) < 4.78 is 40.3. The molecular weight excluding hydrogens is 295 g/mol. The summed E-state index contributed by atoms with van der Waals surface area (Å²) in [6, 6.07) is -2.09. The van der Waals surface area contributed by atoms with E-state index in [1.165, 1.54) is 18.5 Å². The Bertz CT molecular complexity index is 458. The van der Waals surface area contributed by atoms with E-state index in [1.54, 1.807) is 7.05 Å². The van der Waals surface area contributed by atoms with E-state index in [9.17, 15) is 18.0 Å². The molecule has 0 bridgehead atoms. The Morgan fingerprint density at radius 2 is 1.90 bits per heavy atom. The summed E-state index contributed by atoms with van der Waals surface area (Å²) in [4.78, 5) is 11.1. The minimum Gasteiger partial charge on any atom is -0.340 e. The second-order valence-corrected chi connectivity index (χ2v) is 4.15. The molecule has 0 aliphatic heterocycles. The van der Waals surface area contributed by atoms with Crippen LogP contribution in [-0.2, 0) is 11.8 Å². The van der Waals surface area contributed by atoms with Gasteiger partial charge in [-0.2, -0.15) is 18.3 Å². The lowest BCUT2D eigenvalue weighted by Gasteiger charge is -2.22. The molecule has 0 fully saturated rings. The lowest BCUT2D eigenvalue weighted by molar-refractivity contribution is -0.163. The van der Waals surface area contributed by atoms with Gasteiger partial charge in [0.2, 0.25) is 5.91 Å². The Morgan fingerprint density at radius 3 is 2.20 bits per heavy atom. The van der Waals surface area contributed by atoms with E-state index in [4.69, 9.17) is 11.6 Å². The Morgan fingerprint density at radius 1 is 1.40 bits per heavy atom. The zero-order valence-corrected chi connectivity index (χ0v) is 12.9. The van der Waals surface area contributed by atoms with Gasteiger partial charge < -0.3 is 5.32 Å². The number of carbonyl (C=O) groups excluding carboxylic acids is 1. The summed E-state index contributed by atoms with van der Waals surface area (Å²) in [5.41, 5.74) is 0.542. The minimum atomic E-state index is -4.60. The quantitative estimate of drug-likeness (QED) is 0.872. The molecule has 116 valence electrons. The zero-order chi connectivity index (χ0) is 16.1. The van der Waals surface area contributed by atoms with Crippen molar-refractivity contribution in [1.82, 2.24) is 15.1 Å². The highest BCUT2D eigenvalue weighted by molar-refractivity contribution is 6.27. The molecule has 0 spiro atoms. The van der Waals surface area contributed by atoms with Gasteiger partial charge in [-0.15, -0.1) is 11.6 Å². The van der Waals surface area contributed by atoms with Gasteiger partial charge in [0.05, 0.1) is 5.69 Å². The molecular formula is C12H19ClF3N3O. The first kappa shape index (κ1) is 18.8. The maximum atomic E-state index is 13.0. The molecule has 0 radical (unpaired) electrons. The SMILES string of the molecule is CC.Cc1nn(C)c(C)c1C(NC(=O)CCl)C(F)(F)F. The fraction of sp³-hybridized carbons (Fsp3) is 0.667. The van der Waals surface area contributed by atoms with Crippen molar-refractivity contribution in [3.8, 4) is 0 Å². The molecule has 1 aromatic rings. The van der Waals surface area contributed by atoms with Gasteiger partial charge in [-0.1, -0.05) is 13.8 Å². The number of aromatic nitrogens is 2. The van der Waals surface area contributed by atoms with Gasteiger partial charge >= 0.3 is 6.18 Å². The van der Waals surface area contributed by atoms with Crippen molar-refractivity contribution in [3.63, 3.8) is 0 Å². The van der Waals surface area contributed by atoms with Crippen LogP contribution in [0.2, 0.25) is 0 Å². The zero-order valence-electron chi connectivity index (χ0n) is 12.1. The molecule has 1 atom stereocenters. The predicted octanol–water partition coefficient (Wildman–Crippen LogP) is 3.02. The first-order valence-corrected chi connectivity index (χ1v) is 6.64. The molecule has 0 saturated heterocycles. The molecule has 1 aromatic heterocycles. The normalized spacial score (nSPS) is 12.4. The Balaban J connectivity index is 0.00000172. The van der Waals surface area contributed by atoms with E-state index in [1.807, 2.05) is 19.2 Å². The number of amides is 1.